The van der Waals surface area contributed by atoms with Gasteiger partial charge in [-0.05, 0) is 6.92 Å². The molecule has 0 radical (unpaired) electrons. The molecule has 1 rings (SSSR count). The molecule has 0 spiro atoms. The molecule has 0 fully saturated rings. The van der Waals surface area contributed by atoms with Crippen LogP contribution in [0.1, 0.15) is 13.8 Å². The summed E-state index contributed by atoms with van der Waals surface area (Å²) in [5, 5.41) is 12.2. The molecule has 4 nitrogen and oxygen atoms in total. The summed E-state index contributed by atoms with van der Waals surface area (Å²) in [7, 11) is 1.67. The van der Waals surface area contributed by atoms with Crippen LogP contribution in [0.5, 0.6) is 0 Å². The van der Waals surface area contributed by atoms with E-state index in [1.807, 2.05) is 6.92 Å². The van der Waals surface area contributed by atoms with E-state index in [0.29, 0.717) is 5.95 Å². The van der Waals surface area contributed by atoms with E-state index in [0.717, 1.165) is 6.20 Å². The Morgan fingerprint density at radius 3 is 2.73 bits per heavy atom. The number of hydrogen-bond acceptors (Lipinski definition) is 5. The van der Waals surface area contributed by atoms with Crippen LogP contribution in [0.15, 0.2) is 11.2 Å². The summed E-state index contributed by atoms with van der Waals surface area (Å²) in [5.74, 6) is -0.0943. The quantitative estimate of drug-likeness (QED) is 0.608. The minimum Gasteiger partial charge on any atom is -0.392 e. The number of nitrogens with one attached hydrogen (secondary N) is 1. The Kier molecular flexibility index (Phi) is 4.28. The molecule has 0 saturated heterocycles. The van der Waals surface area contributed by atoms with Crippen molar-refractivity contribution < 1.29 is 9.50 Å². The van der Waals surface area contributed by atoms with E-state index in [1.54, 1.807) is 14.0 Å². The molecule has 0 aromatic carbocycles. The van der Waals surface area contributed by atoms with Gasteiger partial charge < -0.3 is 10.4 Å². The summed E-state index contributed by atoms with van der Waals surface area (Å²) in [6, 6.07) is 0. The second-order valence-electron chi connectivity index (χ2n) is 3.16. The van der Waals surface area contributed by atoms with E-state index in [2.05, 4.69) is 15.3 Å². The van der Waals surface area contributed by atoms with E-state index in [4.69, 9.17) is 0 Å². The fourth-order valence-corrected chi connectivity index (χ4v) is 1.68. The molecule has 84 valence electrons. The van der Waals surface area contributed by atoms with Gasteiger partial charge in [0.05, 0.1) is 12.3 Å². The largest absolute Gasteiger partial charge is 0.392 e. The lowest BCUT2D eigenvalue weighted by Crippen LogP contribution is -2.15. The zero-order chi connectivity index (χ0) is 11.4. The molecule has 0 saturated carbocycles. The van der Waals surface area contributed by atoms with Gasteiger partial charge in [0.1, 0.15) is 5.03 Å². The minimum absolute atomic E-state index is 0.112. The predicted octanol–water partition coefficient (Wildman–Crippen LogP) is 1.52. The van der Waals surface area contributed by atoms with Crippen molar-refractivity contribution in [3.63, 3.8) is 0 Å². The second kappa shape index (κ2) is 5.27. The molecule has 1 heterocycles. The SMILES string of the molecule is CNc1ncc(F)c(SC(C)C(C)O)n1. The second-order valence-corrected chi connectivity index (χ2v) is 4.53. The Morgan fingerprint density at radius 1 is 1.53 bits per heavy atom. The van der Waals surface area contributed by atoms with Gasteiger partial charge in [0.2, 0.25) is 5.95 Å². The third kappa shape index (κ3) is 3.32. The Balaban J connectivity index is 2.83. The van der Waals surface area contributed by atoms with E-state index in [1.165, 1.54) is 11.8 Å². The van der Waals surface area contributed by atoms with E-state index < -0.39 is 11.9 Å². The third-order valence-corrected chi connectivity index (χ3v) is 3.19. The number of aliphatic hydroxyl groups excluding tert-OH is 1. The Labute approximate surface area is 92.3 Å². The lowest BCUT2D eigenvalue weighted by Gasteiger charge is -2.13. The van der Waals surface area contributed by atoms with Gasteiger partial charge >= 0.3 is 0 Å². The summed E-state index contributed by atoms with van der Waals surface area (Å²) >= 11 is 1.19. The zero-order valence-corrected chi connectivity index (χ0v) is 9.68. The van der Waals surface area contributed by atoms with Crippen molar-refractivity contribution in [3.8, 4) is 0 Å². The maximum absolute atomic E-state index is 13.3. The number of halogens is 1. The molecular formula is C9H14FN3OS. The van der Waals surface area contributed by atoms with Crippen molar-refractivity contribution in [3.05, 3.63) is 12.0 Å². The molecule has 2 atom stereocenters. The minimum atomic E-state index is -0.512. The van der Waals surface area contributed by atoms with Crippen LogP contribution in [0.25, 0.3) is 0 Å². The molecule has 15 heavy (non-hydrogen) atoms. The fourth-order valence-electron chi connectivity index (χ4n) is 0.829. The van der Waals surface area contributed by atoms with Crippen molar-refractivity contribution in [1.82, 2.24) is 9.97 Å². The van der Waals surface area contributed by atoms with Gasteiger partial charge in [0.15, 0.2) is 5.82 Å². The first kappa shape index (κ1) is 12.2. The number of hydrogen-bond donors (Lipinski definition) is 2. The maximum atomic E-state index is 13.3. The molecule has 6 heteroatoms. The highest BCUT2D eigenvalue weighted by molar-refractivity contribution is 7.99. The van der Waals surface area contributed by atoms with Crippen molar-refractivity contribution in [2.45, 2.75) is 30.2 Å². The molecule has 0 amide bonds. The van der Waals surface area contributed by atoms with Crippen LogP contribution in [0, 0.1) is 5.82 Å². The van der Waals surface area contributed by atoms with Gasteiger partial charge in [-0.1, -0.05) is 18.7 Å². The predicted molar refractivity (Wildman–Crippen MR) is 58.5 cm³/mol. The van der Waals surface area contributed by atoms with Crippen molar-refractivity contribution in [2.75, 3.05) is 12.4 Å². The van der Waals surface area contributed by atoms with Gasteiger partial charge in [0, 0.05) is 12.3 Å². The van der Waals surface area contributed by atoms with E-state index in [-0.39, 0.29) is 10.3 Å². The smallest absolute Gasteiger partial charge is 0.223 e. The lowest BCUT2D eigenvalue weighted by molar-refractivity contribution is 0.196. The number of thioether (sulfide) groups is 1. The molecule has 1 aromatic rings. The van der Waals surface area contributed by atoms with E-state index >= 15 is 0 Å². The summed E-state index contributed by atoms with van der Waals surface area (Å²) in [6.07, 6.45) is 0.609. The monoisotopic (exact) mass is 231 g/mol. The topological polar surface area (TPSA) is 58.0 Å². The first-order valence-corrected chi connectivity index (χ1v) is 5.47. The fraction of sp³-hybridized carbons (Fsp3) is 0.556. The molecule has 0 aliphatic heterocycles. The van der Waals surface area contributed by atoms with Crippen LogP contribution < -0.4 is 5.32 Å². The van der Waals surface area contributed by atoms with Crippen LogP contribution in [0.3, 0.4) is 0 Å². The normalized spacial score (nSPS) is 14.7. The molecule has 2 N–H and O–H groups in total. The summed E-state index contributed by atoms with van der Waals surface area (Å²) in [6.45, 7) is 3.48. The zero-order valence-electron chi connectivity index (χ0n) is 8.86. The molecule has 2 unspecified atom stereocenters. The third-order valence-electron chi connectivity index (χ3n) is 1.91. The summed E-state index contributed by atoms with van der Waals surface area (Å²) in [5.41, 5.74) is 0. The van der Waals surface area contributed by atoms with Gasteiger partial charge in [-0.3, -0.25) is 0 Å². The first-order chi connectivity index (χ1) is 7.04. The Bertz CT molecular complexity index is 335. The molecule has 0 bridgehead atoms. The number of nitrogens with zero attached hydrogens (tertiary/aromatic N) is 2. The Morgan fingerprint density at radius 2 is 2.20 bits per heavy atom. The van der Waals surface area contributed by atoms with Crippen LogP contribution in [0.4, 0.5) is 10.3 Å². The standard InChI is InChI=1S/C9H14FN3OS/c1-5(14)6(2)15-8-7(10)4-12-9(11-3)13-8/h4-6,14H,1-3H3,(H,11,12,13). The van der Waals surface area contributed by atoms with Crippen LogP contribution in [0.2, 0.25) is 0 Å². The highest BCUT2D eigenvalue weighted by atomic mass is 32.2. The number of anilines is 1. The highest BCUT2D eigenvalue weighted by Gasteiger charge is 2.15. The number of rotatable bonds is 4. The van der Waals surface area contributed by atoms with Crippen LogP contribution in [-0.2, 0) is 0 Å². The van der Waals surface area contributed by atoms with Crippen LogP contribution in [-0.4, -0.2) is 33.5 Å². The molecular weight excluding hydrogens is 217 g/mol. The number of aromatic nitrogens is 2. The van der Waals surface area contributed by atoms with Gasteiger partial charge in [-0.25, -0.2) is 14.4 Å². The molecule has 0 aliphatic carbocycles. The highest BCUT2D eigenvalue weighted by Crippen LogP contribution is 2.26. The average molecular weight is 231 g/mol. The lowest BCUT2D eigenvalue weighted by atomic mass is 10.3. The Hall–Kier alpha value is -0.880. The van der Waals surface area contributed by atoms with Crippen molar-refractivity contribution >= 4 is 17.7 Å². The average Bonchev–Trinajstić information content (AvgIpc) is 2.21. The van der Waals surface area contributed by atoms with Gasteiger partial charge in [-0.2, -0.15) is 0 Å². The van der Waals surface area contributed by atoms with Crippen molar-refractivity contribution in [1.29, 1.82) is 0 Å². The summed E-state index contributed by atoms with van der Waals surface area (Å²) < 4.78 is 13.3. The summed E-state index contributed by atoms with van der Waals surface area (Å²) in [4.78, 5) is 7.70. The first-order valence-electron chi connectivity index (χ1n) is 4.59. The van der Waals surface area contributed by atoms with Gasteiger partial charge in [-0.15, -0.1) is 0 Å². The number of aliphatic hydroxyl groups is 1. The van der Waals surface area contributed by atoms with E-state index in [9.17, 15) is 9.50 Å². The molecule has 1 aromatic heterocycles. The maximum Gasteiger partial charge on any atom is 0.223 e. The van der Waals surface area contributed by atoms with Crippen molar-refractivity contribution in [2.24, 2.45) is 0 Å². The molecule has 0 aliphatic rings. The van der Waals surface area contributed by atoms with Gasteiger partial charge in [0.25, 0.3) is 0 Å². The van der Waals surface area contributed by atoms with Crippen LogP contribution >= 0.6 is 11.8 Å².